The zero-order chi connectivity index (χ0) is 12.5. The van der Waals surface area contributed by atoms with Crippen LogP contribution in [-0.2, 0) is 11.1 Å². The Kier molecular flexibility index (Phi) is 6.53. The molecule has 0 spiro atoms. The Hall–Kier alpha value is -1.18. The molecule has 0 aliphatic heterocycles. The van der Waals surface area contributed by atoms with Gasteiger partial charge >= 0.3 is 6.92 Å². The number of hydrogen-bond acceptors (Lipinski definition) is 1. The van der Waals surface area contributed by atoms with Gasteiger partial charge in [-0.2, -0.15) is 0 Å². The fourth-order valence-corrected chi connectivity index (χ4v) is 1.85. The van der Waals surface area contributed by atoms with Gasteiger partial charge in [-0.05, 0) is 31.5 Å². The van der Waals surface area contributed by atoms with Crippen LogP contribution < -0.4 is 0 Å². The minimum Gasteiger partial charge on any atom is -0.564 e. The Labute approximate surface area is 106 Å². The molecule has 0 atom stereocenters. The van der Waals surface area contributed by atoms with Crippen LogP contribution in [0.2, 0.25) is 12.6 Å². The topological polar surface area (TPSA) is 9.23 Å². The van der Waals surface area contributed by atoms with Gasteiger partial charge in [0.15, 0.2) is 0 Å². The van der Waals surface area contributed by atoms with Crippen molar-refractivity contribution in [2.45, 2.75) is 46.3 Å². The summed E-state index contributed by atoms with van der Waals surface area (Å²) in [5, 5.41) is 0. The summed E-state index contributed by atoms with van der Waals surface area (Å²) in [6.45, 7) is 6.79. The van der Waals surface area contributed by atoms with Crippen LogP contribution in [0.25, 0.3) is 0 Å². The van der Waals surface area contributed by atoms with E-state index in [1.165, 1.54) is 5.56 Å². The highest BCUT2D eigenvalue weighted by Crippen LogP contribution is 2.14. The van der Waals surface area contributed by atoms with E-state index in [-0.39, 0.29) is 0 Å². The lowest BCUT2D eigenvalue weighted by molar-refractivity contribution is 0.406. The molecule has 0 radical (unpaired) electrons. The summed E-state index contributed by atoms with van der Waals surface area (Å²) in [5.41, 5.74) is 1.37. The van der Waals surface area contributed by atoms with E-state index in [4.69, 9.17) is 4.65 Å². The predicted octanol–water partition coefficient (Wildman–Crippen LogP) is 4.57. The van der Waals surface area contributed by atoms with Crippen molar-refractivity contribution in [2.24, 2.45) is 0 Å². The van der Waals surface area contributed by atoms with Crippen molar-refractivity contribution in [3.8, 4) is 0 Å². The predicted molar refractivity (Wildman–Crippen MR) is 76.3 cm³/mol. The van der Waals surface area contributed by atoms with Crippen molar-refractivity contribution in [1.82, 2.24) is 0 Å². The van der Waals surface area contributed by atoms with E-state index in [9.17, 15) is 0 Å². The molecule has 1 aromatic carbocycles. The smallest absolute Gasteiger partial charge is 0.356 e. The fourth-order valence-electron chi connectivity index (χ4n) is 1.85. The van der Waals surface area contributed by atoms with Gasteiger partial charge in [-0.15, -0.1) is 0 Å². The minimum atomic E-state index is 0.372. The molecule has 0 N–H and O–H groups in total. The highest BCUT2D eigenvalue weighted by atomic mass is 16.4. The lowest BCUT2D eigenvalue weighted by Crippen LogP contribution is -2.15. The molecule has 0 unspecified atom stereocenters. The minimum absolute atomic E-state index is 0.372. The maximum atomic E-state index is 5.98. The van der Waals surface area contributed by atoms with E-state index in [1.807, 2.05) is 0 Å². The molecule has 0 aromatic heterocycles. The van der Waals surface area contributed by atoms with Crippen molar-refractivity contribution in [1.29, 1.82) is 0 Å². The van der Waals surface area contributed by atoms with E-state index in [1.54, 1.807) is 0 Å². The van der Waals surface area contributed by atoms with Crippen molar-refractivity contribution < 1.29 is 4.65 Å². The fraction of sp³-hybridized carbons (Fsp3) is 0.467. The Morgan fingerprint density at radius 3 is 2.35 bits per heavy atom. The van der Waals surface area contributed by atoms with Gasteiger partial charge in [0.2, 0.25) is 0 Å². The van der Waals surface area contributed by atoms with Crippen LogP contribution in [0.15, 0.2) is 42.2 Å². The van der Waals surface area contributed by atoms with E-state index >= 15 is 0 Å². The average molecular weight is 230 g/mol. The van der Waals surface area contributed by atoms with Gasteiger partial charge in [0, 0.05) is 6.42 Å². The van der Waals surface area contributed by atoms with Crippen LogP contribution in [0.5, 0.6) is 0 Å². The maximum absolute atomic E-state index is 5.98. The molecule has 92 valence electrons. The number of benzene rings is 1. The van der Waals surface area contributed by atoms with E-state index < -0.39 is 0 Å². The highest BCUT2D eigenvalue weighted by Gasteiger charge is 2.12. The molecule has 0 heterocycles. The van der Waals surface area contributed by atoms with Crippen LogP contribution in [0.1, 0.15) is 32.8 Å². The van der Waals surface area contributed by atoms with Crippen LogP contribution in [0.4, 0.5) is 0 Å². The van der Waals surface area contributed by atoms with Crippen molar-refractivity contribution >= 4 is 6.92 Å². The summed E-state index contributed by atoms with van der Waals surface area (Å²) >= 11 is 0. The quantitative estimate of drug-likeness (QED) is 0.492. The number of allylic oxidation sites excluding steroid dienone is 2. The molecule has 0 saturated heterocycles. The molecule has 0 aliphatic carbocycles. The summed E-state index contributed by atoms with van der Waals surface area (Å²) in [7, 11) is 0. The Morgan fingerprint density at radius 1 is 1.18 bits per heavy atom. The number of aryl methyl sites for hydroxylation is 1. The molecule has 1 nitrogen and oxygen atoms in total. The van der Waals surface area contributed by atoms with Crippen LogP contribution in [-0.4, -0.2) is 6.92 Å². The van der Waals surface area contributed by atoms with Crippen molar-refractivity contribution in [2.75, 3.05) is 0 Å². The molecule has 0 fully saturated rings. The van der Waals surface area contributed by atoms with Gasteiger partial charge in [-0.1, -0.05) is 50.3 Å². The molecule has 17 heavy (non-hydrogen) atoms. The van der Waals surface area contributed by atoms with Crippen LogP contribution in [0, 0.1) is 0 Å². The van der Waals surface area contributed by atoms with E-state index in [0.717, 1.165) is 31.2 Å². The second kappa shape index (κ2) is 8.00. The van der Waals surface area contributed by atoms with Gasteiger partial charge in [-0.3, -0.25) is 0 Å². The van der Waals surface area contributed by atoms with Gasteiger partial charge in [0.05, 0.1) is 5.76 Å². The normalized spacial score (nSPS) is 11.4. The second-order valence-corrected chi connectivity index (χ2v) is 4.30. The standard InChI is InChI=1S/C15H23BO/c1-4-15(17-16(5-2)6-3)13-12-14-10-8-7-9-11-14/h4,7-11H,5-6,12-13H2,1-3H3/b15-4-. The summed E-state index contributed by atoms with van der Waals surface area (Å²) in [5.74, 6) is 1.13. The zero-order valence-electron chi connectivity index (χ0n) is 11.3. The summed E-state index contributed by atoms with van der Waals surface area (Å²) in [6, 6.07) is 10.6. The van der Waals surface area contributed by atoms with Crippen LogP contribution >= 0.6 is 0 Å². The third-order valence-corrected chi connectivity index (χ3v) is 3.05. The summed E-state index contributed by atoms with van der Waals surface area (Å²) in [4.78, 5) is 0. The monoisotopic (exact) mass is 230 g/mol. The van der Waals surface area contributed by atoms with Gasteiger partial charge < -0.3 is 4.65 Å². The van der Waals surface area contributed by atoms with E-state index in [2.05, 4.69) is 57.2 Å². The van der Waals surface area contributed by atoms with Crippen molar-refractivity contribution in [3.63, 3.8) is 0 Å². The molecule has 0 bridgehead atoms. The first-order valence-electron chi connectivity index (χ1n) is 6.65. The molecule has 2 heteroatoms. The first-order chi connectivity index (χ1) is 8.30. The van der Waals surface area contributed by atoms with Crippen LogP contribution in [0.3, 0.4) is 0 Å². The van der Waals surface area contributed by atoms with Crippen molar-refractivity contribution in [3.05, 3.63) is 47.7 Å². The average Bonchev–Trinajstić information content (AvgIpc) is 2.40. The summed E-state index contributed by atoms with van der Waals surface area (Å²) in [6.07, 6.45) is 6.32. The van der Waals surface area contributed by atoms with Gasteiger partial charge in [0.1, 0.15) is 0 Å². The SMILES string of the molecule is C/C=C(/CCc1ccccc1)OB(CC)CC. The first kappa shape index (κ1) is 13.9. The number of hydrogen-bond donors (Lipinski definition) is 0. The van der Waals surface area contributed by atoms with Gasteiger partial charge in [-0.25, -0.2) is 0 Å². The highest BCUT2D eigenvalue weighted by molar-refractivity contribution is 6.51. The first-order valence-corrected chi connectivity index (χ1v) is 6.65. The second-order valence-electron chi connectivity index (χ2n) is 4.30. The largest absolute Gasteiger partial charge is 0.564 e. The molecule has 0 saturated carbocycles. The maximum Gasteiger partial charge on any atom is 0.356 e. The Bertz CT molecular complexity index is 328. The molecule has 1 rings (SSSR count). The van der Waals surface area contributed by atoms with Gasteiger partial charge in [0.25, 0.3) is 0 Å². The lowest BCUT2D eigenvalue weighted by atomic mass is 9.62. The third-order valence-electron chi connectivity index (χ3n) is 3.05. The molecule has 1 aromatic rings. The molecule has 0 amide bonds. The lowest BCUT2D eigenvalue weighted by Gasteiger charge is -2.16. The van der Waals surface area contributed by atoms with E-state index in [0.29, 0.717) is 6.92 Å². The zero-order valence-corrected chi connectivity index (χ0v) is 11.3. The summed E-state index contributed by atoms with van der Waals surface area (Å²) < 4.78 is 5.98. The third kappa shape index (κ3) is 5.12. The Morgan fingerprint density at radius 2 is 1.82 bits per heavy atom. The number of rotatable bonds is 7. The Balaban J connectivity index is 2.43. The molecular weight excluding hydrogens is 207 g/mol. The molecular formula is C15H23BO. The molecule has 0 aliphatic rings.